The Labute approximate surface area is 202 Å². The van der Waals surface area contributed by atoms with E-state index in [9.17, 15) is 18.3 Å². The molecule has 0 aromatic heterocycles. The number of anilines is 1. The van der Waals surface area contributed by atoms with Crippen LogP contribution in [0.1, 0.15) is 24.3 Å². The summed E-state index contributed by atoms with van der Waals surface area (Å²) in [5, 5.41) is 9.83. The summed E-state index contributed by atoms with van der Waals surface area (Å²) in [6.07, 6.45) is -1.02. The van der Waals surface area contributed by atoms with Gasteiger partial charge in [0.05, 0.1) is 12.2 Å². The van der Waals surface area contributed by atoms with E-state index in [1.54, 1.807) is 50.4 Å². The van der Waals surface area contributed by atoms with E-state index >= 15 is 0 Å². The van der Waals surface area contributed by atoms with Crippen molar-refractivity contribution >= 4 is 21.8 Å². The van der Waals surface area contributed by atoms with Gasteiger partial charge in [-0.25, -0.2) is 0 Å². The number of carbonyl (C=O) groups is 1. The van der Waals surface area contributed by atoms with Gasteiger partial charge in [0.1, 0.15) is 0 Å². The lowest BCUT2D eigenvalue weighted by Crippen LogP contribution is -2.50. The van der Waals surface area contributed by atoms with E-state index in [1.807, 2.05) is 23.1 Å². The maximum atomic E-state index is 13.6. The average molecular weight is 491 g/mol. The van der Waals surface area contributed by atoms with Crippen molar-refractivity contribution in [2.24, 2.45) is 0 Å². The van der Waals surface area contributed by atoms with Crippen LogP contribution in [0.15, 0.2) is 54.6 Å². The number of likely N-dealkylation sites (N-methyl/N-ethyl adjacent to an activating group) is 1. The Morgan fingerprint density at radius 3 is 2.24 bits per heavy atom. The molecule has 0 aliphatic carbocycles. The molecule has 2 aromatic rings. The zero-order valence-corrected chi connectivity index (χ0v) is 20.8. The average Bonchev–Trinajstić information content (AvgIpc) is 2.86. The van der Waals surface area contributed by atoms with Gasteiger partial charge in [-0.3, -0.25) is 14.0 Å². The van der Waals surface area contributed by atoms with Gasteiger partial charge in [0.25, 0.3) is 0 Å². The molecule has 1 aliphatic heterocycles. The van der Waals surface area contributed by atoms with Crippen molar-refractivity contribution in [3.63, 3.8) is 0 Å². The fourth-order valence-electron chi connectivity index (χ4n) is 3.84. The number of para-hydroxylation sites is 1. The molecular formula is C24H34N4O5S. The number of aliphatic hydroxyl groups is 1. The molecule has 1 saturated heterocycles. The van der Waals surface area contributed by atoms with Crippen molar-refractivity contribution < 1.29 is 23.1 Å². The van der Waals surface area contributed by atoms with Crippen molar-refractivity contribution in [1.29, 1.82) is 0 Å². The van der Waals surface area contributed by atoms with Gasteiger partial charge < -0.3 is 14.7 Å². The highest BCUT2D eigenvalue weighted by Crippen LogP contribution is 2.23. The van der Waals surface area contributed by atoms with E-state index in [-0.39, 0.29) is 12.5 Å². The zero-order chi connectivity index (χ0) is 24.7. The molecule has 10 heteroatoms. The Kier molecular flexibility index (Phi) is 9.03. The van der Waals surface area contributed by atoms with E-state index in [1.165, 1.54) is 15.7 Å². The van der Waals surface area contributed by atoms with Gasteiger partial charge in [-0.1, -0.05) is 42.5 Å². The maximum absolute atomic E-state index is 13.6. The number of hydrogen-bond donors (Lipinski definition) is 1. The minimum absolute atomic E-state index is 0.0719. The lowest BCUT2D eigenvalue weighted by molar-refractivity contribution is -0.130. The van der Waals surface area contributed by atoms with Crippen LogP contribution in [0.2, 0.25) is 0 Å². The molecule has 1 fully saturated rings. The second-order valence-electron chi connectivity index (χ2n) is 8.35. The fraction of sp³-hybridized carbons (Fsp3) is 0.458. The van der Waals surface area contributed by atoms with Gasteiger partial charge in [-0.15, -0.1) is 0 Å². The predicted octanol–water partition coefficient (Wildman–Crippen LogP) is 1.67. The molecule has 0 spiro atoms. The molecule has 0 radical (unpaired) electrons. The second kappa shape index (κ2) is 11.8. The fourth-order valence-corrected chi connectivity index (χ4v) is 5.19. The van der Waals surface area contributed by atoms with Crippen LogP contribution < -0.4 is 4.31 Å². The van der Waals surface area contributed by atoms with Crippen LogP contribution in [0.3, 0.4) is 0 Å². The largest absolute Gasteiger partial charge is 0.364 e. The molecular weight excluding hydrogens is 456 g/mol. The number of aliphatic hydroxyl groups excluding tert-OH is 1. The summed E-state index contributed by atoms with van der Waals surface area (Å²) in [6, 6.07) is 16.0. The first kappa shape index (κ1) is 26.1. The third kappa shape index (κ3) is 6.55. The molecule has 186 valence electrons. The number of rotatable bonds is 10. The second-order valence-corrected chi connectivity index (χ2v) is 10.3. The maximum Gasteiger partial charge on any atom is 0.304 e. The van der Waals surface area contributed by atoms with Crippen LogP contribution in [0.4, 0.5) is 5.69 Å². The number of carbonyl (C=O) groups excluding carboxylic acids is 1. The molecule has 2 aromatic carbocycles. The highest BCUT2D eigenvalue weighted by Gasteiger charge is 2.28. The lowest BCUT2D eigenvalue weighted by atomic mass is 10.1. The molecule has 0 bridgehead atoms. The minimum atomic E-state index is -3.81. The van der Waals surface area contributed by atoms with Crippen LogP contribution in [-0.2, 0) is 26.3 Å². The Morgan fingerprint density at radius 2 is 1.68 bits per heavy atom. The van der Waals surface area contributed by atoms with Gasteiger partial charge in [0.2, 0.25) is 5.91 Å². The van der Waals surface area contributed by atoms with E-state index < -0.39 is 16.5 Å². The molecule has 1 heterocycles. The molecule has 3 rings (SSSR count). The number of piperazine rings is 1. The van der Waals surface area contributed by atoms with Gasteiger partial charge >= 0.3 is 10.2 Å². The Hall–Kier alpha value is -2.50. The molecule has 1 amide bonds. The van der Waals surface area contributed by atoms with Crippen LogP contribution in [0.5, 0.6) is 0 Å². The van der Waals surface area contributed by atoms with Gasteiger partial charge in [-0.2, -0.15) is 12.7 Å². The molecule has 0 saturated carbocycles. The quantitative estimate of drug-likeness (QED) is 0.510. The van der Waals surface area contributed by atoms with Crippen molar-refractivity contribution in [2.45, 2.75) is 19.8 Å². The summed E-state index contributed by atoms with van der Waals surface area (Å²) in [6.45, 7) is 5.44. The molecule has 1 unspecified atom stereocenters. The summed E-state index contributed by atoms with van der Waals surface area (Å²) >= 11 is 0. The number of methoxy groups -OCH3 is 1. The summed E-state index contributed by atoms with van der Waals surface area (Å²) in [5.41, 5.74) is 1.96. The van der Waals surface area contributed by atoms with Crippen molar-refractivity contribution in [2.75, 3.05) is 57.7 Å². The van der Waals surface area contributed by atoms with E-state index in [4.69, 9.17) is 4.74 Å². The Morgan fingerprint density at radius 1 is 1.06 bits per heavy atom. The zero-order valence-electron chi connectivity index (χ0n) is 20.0. The first-order valence-corrected chi connectivity index (χ1v) is 12.7. The third-order valence-corrected chi connectivity index (χ3v) is 7.95. The van der Waals surface area contributed by atoms with E-state index in [0.29, 0.717) is 37.4 Å². The number of ether oxygens (including phenoxy) is 1. The summed E-state index contributed by atoms with van der Waals surface area (Å²) in [7, 11) is -0.797. The Balaban J connectivity index is 1.71. The van der Waals surface area contributed by atoms with Crippen LogP contribution in [0, 0.1) is 0 Å². The monoisotopic (exact) mass is 490 g/mol. The topological polar surface area (TPSA) is 93.6 Å². The first-order valence-electron chi connectivity index (χ1n) is 11.3. The predicted molar refractivity (Wildman–Crippen MR) is 131 cm³/mol. The summed E-state index contributed by atoms with van der Waals surface area (Å²) in [4.78, 5) is 15.5. The molecule has 9 nitrogen and oxygen atoms in total. The van der Waals surface area contributed by atoms with Crippen LogP contribution >= 0.6 is 0 Å². The summed E-state index contributed by atoms with van der Waals surface area (Å²) in [5.74, 6) is 0.0719. The Bertz CT molecular complexity index is 1030. The highest BCUT2D eigenvalue weighted by molar-refractivity contribution is 7.90. The number of hydrogen-bond acceptors (Lipinski definition) is 6. The smallest absolute Gasteiger partial charge is 0.304 e. The van der Waals surface area contributed by atoms with Gasteiger partial charge in [0.15, 0.2) is 6.29 Å². The summed E-state index contributed by atoms with van der Waals surface area (Å²) < 4.78 is 34.9. The van der Waals surface area contributed by atoms with E-state index in [0.717, 1.165) is 18.7 Å². The first-order chi connectivity index (χ1) is 16.2. The normalized spacial score (nSPS) is 16.0. The highest BCUT2D eigenvalue weighted by atomic mass is 32.2. The van der Waals surface area contributed by atoms with E-state index in [2.05, 4.69) is 4.90 Å². The number of benzene rings is 2. The van der Waals surface area contributed by atoms with Crippen molar-refractivity contribution in [1.82, 2.24) is 14.1 Å². The lowest BCUT2D eigenvalue weighted by Gasteiger charge is -2.35. The third-order valence-electron chi connectivity index (χ3n) is 6.08. The molecule has 1 aliphatic rings. The molecule has 1 N–H and O–H groups in total. The number of amides is 1. The van der Waals surface area contributed by atoms with Gasteiger partial charge in [0, 0.05) is 65.9 Å². The molecule has 34 heavy (non-hydrogen) atoms. The SMILES string of the molecule is COC(O)c1ccc(CN(c2ccccc2)S(=O)(=O)N(C)CCN2CCN(C(C)=O)CC2)cc1. The van der Waals surface area contributed by atoms with Crippen molar-refractivity contribution in [3.05, 3.63) is 65.7 Å². The van der Waals surface area contributed by atoms with Crippen LogP contribution in [-0.4, -0.2) is 87.0 Å². The molecule has 1 atom stereocenters. The standard InChI is InChI=1S/C24H34N4O5S/c1-20(29)27-17-15-26(16-18-27)14-13-25(2)34(31,32)28(23-7-5-4-6-8-23)19-21-9-11-22(12-10-21)24(30)33-3/h4-12,24,30H,13-19H2,1-3H3. The van der Waals surface area contributed by atoms with Gasteiger partial charge in [-0.05, 0) is 17.7 Å². The minimum Gasteiger partial charge on any atom is -0.364 e. The van der Waals surface area contributed by atoms with Crippen LogP contribution in [0.25, 0.3) is 0 Å². The number of nitrogens with zero attached hydrogens (tertiary/aromatic N) is 4. The van der Waals surface area contributed by atoms with Crippen molar-refractivity contribution in [3.8, 4) is 0 Å².